The van der Waals surface area contributed by atoms with E-state index in [9.17, 15) is 9.59 Å². The number of carbonyl (C=O) groups excluding carboxylic acids is 1. The maximum atomic E-state index is 12.5. The van der Waals surface area contributed by atoms with E-state index in [1.54, 1.807) is 0 Å². The third kappa shape index (κ3) is 3.05. The first-order valence-electron chi connectivity index (χ1n) is 8.17. The predicted octanol–water partition coefficient (Wildman–Crippen LogP) is 2.02. The normalized spacial score (nSPS) is 11.4. The number of hydrogen-bond acceptors (Lipinski definition) is 4. The van der Waals surface area contributed by atoms with Crippen molar-refractivity contribution < 1.29 is 4.79 Å². The number of fused-ring (bicyclic) bond motifs is 1. The summed E-state index contributed by atoms with van der Waals surface area (Å²) in [6.45, 7) is 8.05. The van der Waals surface area contributed by atoms with Gasteiger partial charge in [-0.25, -0.2) is 19.3 Å². The molecule has 0 aliphatic carbocycles. The zero-order chi connectivity index (χ0) is 18.3. The standard InChI is InChI=1S/C18H21N5O2/c1-9(2)7-13-20-14(16(19)24)15-17(21-13)23(18(25)22-15)12-6-5-10(3)11(4)8-12/h5-6,8-9H,7H2,1-4H3,(H2,19,24)(H,22,25). The summed E-state index contributed by atoms with van der Waals surface area (Å²) < 4.78 is 1.46. The average Bonchev–Trinajstić information content (AvgIpc) is 2.84. The fourth-order valence-corrected chi connectivity index (χ4v) is 2.77. The highest BCUT2D eigenvalue weighted by atomic mass is 16.2. The Bertz CT molecular complexity index is 1030. The molecule has 1 amide bonds. The summed E-state index contributed by atoms with van der Waals surface area (Å²) in [5.74, 6) is 0.109. The van der Waals surface area contributed by atoms with Gasteiger partial charge in [-0.05, 0) is 43.0 Å². The molecule has 0 aliphatic rings. The van der Waals surface area contributed by atoms with Crippen LogP contribution in [0.25, 0.3) is 16.9 Å². The number of H-pyrrole nitrogens is 1. The Morgan fingerprint density at radius 2 is 1.96 bits per heavy atom. The highest BCUT2D eigenvalue weighted by Crippen LogP contribution is 2.19. The average molecular weight is 339 g/mol. The molecule has 3 N–H and O–H groups in total. The van der Waals surface area contributed by atoms with Crippen LogP contribution in [0.2, 0.25) is 0 Å². The van der Waals surface area contributed by atoms with E-state index in [2.05, 4.69) is 15.0 Å². The van der Waals surface area contributed by atoms with Crippen molar-refractivity contribution in [3.05, 3.63) is 51.3 Å². The van der Waals surface area contributed by atoms with Gasteiger partial charge < -0.3 is 10.7 Å². The number of nitrogens with two attached hydrogens (primary N) is 1. The maximum absolute atomic E-state index is 12.5. The minimum absolute atomic E-state index is 0.0420. The number of rotatable bonds is 4. The molecule has 0 radical (unpaired) electrons. The quantitative estimate of drug-likeness (QED) is 0.758. The summed E-state index contributed by atoms with van der Waals surface area (Å²) in [6, 6.07) is 5.71. The van der Waals surface area contributed by atoms with Gasteiger partial charge >= 0.3 is 5.69 Å². The van der Waals surface area contributed by atoms with Gasteiger partial charge in [0, 0.05) is 6.42 Å². The van der Waals surface area contributed by atoms with Crippen molar-refractivity contribution in [3.8, 4) is 5.69 Å². The summed E-state index contributed by atoms with van der Waals surface area (Å²) in [4.78, 5) is 35.8. The van der Waals surface area contributed by atoms with Crippen LogP contribution in [0.5, 0.6) is 0 Å². The molecule has 0 fully saturated rings. The van der Waals surface area contributed by atoms with Gasteiger partial charge in [0.1, 0.15) is 11.3 Å². The molecule has 1 aromatic carbocycles. The van der Waals surface area contributed by atoms with Crippen molar-refractivity contribution in [2.24, 2.45) is 11.7 Å². The Balaban J connectivity index is 2.33. The first-order chi connectivity index (χ1) is 11.8. The second-order valence-corrected chi connectivity index (χ2v) is 6.68. The van der Waals surface area contributed by atoms with Gasteiger partial charge in [0.05, 0.1) is 5.69 Å². The number of nitrogens with one attached hydrogen (secondary N) is 1. The van der Waals surface area contributed by atoms with E-state index in [1.807, 2.05) is 45.9 Å². The van der Waals surface area contributed by atoms with Gasteiger partial charge in [-0.2, -0.15) is 0 Å². The lowest BCUT2D eigenvalue weighted by atomic mass is 10.1. The minimum Gasteiger partial charge on any atom is -0.364 e. The van der Waals surface area contributed by atoms with Crippen LogP contribution in [-0.2, 0) is 6.42 Å². The molecule has 2 aromatic heterocycles. The van der Waals surface area contributed by atoms with Crippen molar-refractivity contribution in [2.45, 2.75) is 34.1 Å². The largest absolute Gasteiger partial charge is 0.364 e. The first kappa shape index (κ1) is 16.9. The maximum Gasteiger partial charge on any atom is 0.332 e. The summed E-state index contributed by atoms with van der Waals surface area (Å²) in [5.41, 5.74) is 8.63. The van der Waals surface area contributed by atoms with Gasteiger partial charge in [0.25, 0.3) is 5.91 Å². The number of benzene rings is 1. The van der Waals surface area contributed by atoms with Crippen LogP contribution in [0.1, 0.15) is 41.3 Å². The van der Waals surface area contributed by atoms with Crippen LogP contribution in [0, 0.1) is 19.8 Å². The number of aromatic nitrogens is 4. The fraction of sp³-hybridized carbons (Fsp3) is 0.333. The molecule has 25 heavy (non-hydrogen) atoms. The van der Waals surface area contributed by atoms with Crippen LogP contribution in [-0.4, -0.2) is 25.4 Å². The molecule has 0 aliphatic heterocycles. The molecule has 0 bridgehead atoms. The molecule has 0 spiro atoms. The van der Waals surface area contributed by atoms with Crippen molar-refractivity contribution in [1.82, 2.24) is 19.5 Å². The lowest BCUT2D eigenvalue weighted by Crippen LogP contribution is -2.17. The summed E-state index contributed by atoms with van der Waals surface area (Å²) in [7, 11) is 0. The van der Waals surface area contributed by atoms with Gasteiger partial charge in [-0.15, -0.1) is 0 Å². The van der Waals surface area contributed by atoms with Crippen LogP contribution >= 0.6 is 0 Å². The van der Waals surface area contributed by atoms with E-state index in [1.165, 1.54) is 4.57 Å². The third-order valence-electron chi connectivity index (χ3n) is 4.16. The number of nitrogens with zero attached hydrogens (tertiary/aromatic N) is 3. The monoisotopic (exact) mass is 339 g/mol. The lowest BCUT2D eigenvalue weighted by molar-refractivity contribution is 0.0996. The molecular weight excluding hydrogens is 318 g/mol. The number of imidazole rings is 1. The Hall–Kier alpha value is -2.96. The second-order valence-electron chi connectivity index (χ2n) is 6.68. The van der Waals surface area contributed by atoms with Gasteiger partial charge in [-0.3, -0.25) is 4.79 Å². The van der Waals surface area contributed by atoms with Gasteiger partial charge in [-0.1, -0.05) is 19.9 Å². The Labute approximate surface area is 144 Å². The number of carbonyl (C=O) groups is 1. The molecule has 7 nitrogen and oxygen atoms in total. The van der Waals surface area contributed by atoms with Crippen LogP contribution in [0.15, 0.2) is 23.0 Å². The summed E-state index contributed by atoms with van der Waals surface area (Å²) in [5, 5.41) is 0. The lowest BCUT2D eigenvalue weighted by Gasteiger charge is -2.09. The van der Waals surface area contributed by atoms with E-state index >= 15 is 0 Å². The van der Waals surface area contributed by atoms with E-state index in [-0.39, 0.29) is 16.9 Å². The zero-order valence-corrected chi connectivity index (χ0v) is 14.8. The van der Waals surface area contributed by atoms with Crippen molar-refractivity contribution >= 4 is 17.1 Å². The number of aryl methyl sites for hydroxylation is 2. The topological polar surface area (TPSA) is 107 Å². The smallest absolute Gasteiger partial charge is 0.332 e. The van der Waals surface area contributed by atoms with E-state index in [0.717, 1.165) is 11.1 Å². The Kier molecular flexibility index (Phi) is 4.16. The Morgan fingerprint density at radius 1 is 1.24 bits per heavy atom. The van der Waals surface area contributed by atoms with Crippen molar-refractivity contribution in [1.29, 1.82) is 0 Å². The number of hydrogen-bond donors (Lipinski definition) is 2. The molecule has 0 unspecified atom stereocenters. The van der Waals surface area contributed by atoms with Crippen LogP contribution in [0.4, 0.5) is 0 Å². The van der Waals surface area contributed by atoms with Crippen molar-refractivity contribution in [2.75, 3.05) is 0 Å². The number of aromatic amines is 1. The number of amides is 1. The van der Waals surface area contributed by atoms with Gasteiger partial charge in [0.2, 0.25) is 0 Å². The third-order valence-corrected chi connectivity index (χ3v) is 4.16. The fourth-order valence-electron chi connectivity index (χ4n) is 2.77. The van der Waals surface area contributed by atoms with Gasteiger partial charge in [0.15, 0.2) is 11.3 Å². The minimum atomic E-state index is -0.689. The number of primary amides is 1. The van der Waals surface area contributed by atoms with E-state index < -0.39 is 5.91 Å². The van der Waals surface area contributed by atoms with Crippen LogP contribution < -0.4 is 11.4 Å². The van der Waals surface area contributed by atoms with E-state index in [4.69, 9.17) is 5.73 Å². The molecular formula is C18H21N5O2. The molecule has 3 rings (SSSR count). The molecule has 3 aromatic rings. The highest BCUT2D eigenvalue weighted by molar-refractivity contribution is 6.01. The second kappa shape index (κ2) is 6.16. The predicted molar refractivity (Wildman–Crippen MR) is 96.0 cm³/mol. The first-order valence-corrected chi connectivity index (χ1v) is 8.17. The SMILES string of the molecule is Cc1ccc(-n2c(=O)[nH]c3c(C(N)=O)nc(CC(C)C)nc32)cc1C. The summed E-state index contributed by atoms with van der Waals surface area (Å²) >= 11 is 0. The zero-order valence-electron chi connectivity index (χ0n) is 14.8. The molecule has 0 saturated heterocycles. The highest BCUT2D eigenvalue weighted by Gasteiger charge is 2.20. The molecule has 2 heterocycles. The van der Waals surface area contributed by atoms with Crippen molar-refractivity contribution in [3.63, 3.8) is 0 Å². The van der Waals surface area contributed by atoms with E-state index in [0.29, 0.717) is 29.5 Å². The summed E-state index contributed by atoms with van der Waals surface area (Å²) in [6.07, 6.45) is 0.586. The molecule has 0 saturated carbocycles. The molecule has 7 heteroatoms. The molecule has 0 atom stereocenters. The van der Waals surface area contributed by atoms with Crippen LogP contribution in [0.3, 0.4) is 0 Å². The Morgan fingerprint density at radius 3 is 2.56 bits per heavy atom. The molecule has 130 valence electrons.